The van der Waals surface area contributed by atoms with E-state index < -0.39 is 0 Å². The van der Waals surface area contributed by atoms with E-state index in [0.717, 1.165) is 19.3 Å². The molecular formula is C21H29NO4S. The summed E-state index contributed by atoms with van der Waals surface area (Å²) in [6, 6.07) is 7.24. The minimum absolute atomic E-state index is 0.0493. The lowest BCUT2D eigenvalue weighted by atomic mass is 10.0. The maximum Gasteiger partial charge on any atom is 0.267 e. The van der Waals surface area contributed by atoms with Gasteiger partial charge < -0.3 is 9.84 Å². The maximum atomic E-state index is 13.0. The van der Waals surface area contributed by atoms with Gasteiger partial charge >= 0.3 is 0 Å². The van der Waals surface area contributed by atoms with Gasteiger partial charge in [0.25, 0.3) is 11.8 Å². The third-order valence-corrected chi connectivity index (χ3v) is 5.63. The van der Waals surface area contributed by atoms with Crippen LogP contribution in [-0.2, 0) is 9.59 Å². The molecule has 0 aliphatic carbocycles. The quantitative estimate of drug-likeness (QED) is 0.433. The number of benzene rings is 1. The Bertz CT molecular complexity index is 687. The van der Waals surface area contributed by atoms with Gasteiger partial charge in [0, 0.05) is 17.9 Å². The second kappa shape index (κ2) is 11.1. The van der Waals surface area contributed by atoms with Crippen LogP contribution in [0.4, 0.5) is 0 Å². The van der Waals surface area contributed by atoms with Crippen molar-refractivity contribution in [2.24, 2.45) is 0 Å². The smallest absolute Gasteiger partial charge is 0.267 e. The van der Waals surface area contributed by atoms with Crippen LogP contribution in [0.15, 0.2) is 29.2 Å². The van der Waals surface area contributed by atoms with E-state index in [1.807, 2.05) is 12.1 Å². The Morgan fingerprint density at radius 2 is 1.74 bits per heavy atom. The predicted octanol–water partition coefficient (Wildman–Crippen LogP) is 3.86. The van der Waals surface area contributed by atoms with Crippen molar-refractivity contribution in [3.8, 4) is 5.75 Å². The van der Waals surface area contributed by atoms with Gasteiger partial charge in [0.1, 0.15) is 5.75 Å². The van der Waals surface area contributed by atoms with Crippen LogP contribution in [-0.4, -0.2) is 47.8 Å². The molecule has 0 saturated heterocycles. The van der Waals surface area contributed by atoms with E-state index in [1.54, 1.807) is 19.2 Å². The van der Waals surface area contributed by atoms with E-state index in [2.05, 4.69) is 6.92 Å². The minimum atomic E-state index is -0.265. The molecule has 0 radical (unpaired) electrons. The number of hydrogen-bond donors (Lipinski definition) is 1. The van der Waals surface area contributed by atoms with Gasteiger partial charge in [-0.3, -0.25) is 14.5 Å². The molecule has 0 unspecified atom stereocenters. The average Bonchev–Trinajstić information content (AvgIpc) is 2.92. The lowest BCUT2D eigenvalue weighted by Crippen LogP contribution is -2.32. The van der Waals surface area contributed by atoms with E-state index >= 15 is 0 Å². The molecule has 2 amide bonds. The van der Waals surface area contributed by atoms with Crippen LogP contribution < -0.4 is 4.74 Å². The normalized spacial score (nSPS) is 14.4. The zero-order chi connectivity index (χ0) is 19.6. The van der Waals surface area contributed by atoms with Crippen LogP contribution in [0.25, 0.3) is 5.57 Å². The fourth-order valence-corrected chi connectivity index (χ4v) is 4.05. The summed E-state index contributed by atoms with van der Waals surface area (Å²) in [4.78, 5) is 27.7. The Balaban J connectivity index is 2.17. The number of unbranched alkanes of at least 4 members (excludes halogenated alkanes) is 5. The molecule has 1 N–H and O–H groups in total. The number of aliphatic hydroxyl groups excluding tert-OH is 1. The summed E-state index contributed by atoms with van der Waals surface area (Å²) in [6.07, 6.45) is 6.58. The molecule has 1 aromatic carbocycles. The van der Waals surface area contributed by atoms with E-state index in [1.165, 1.54) is 35.9 Å². The molecule has 27 heavy (non-hydrogen) atoms. The highest BCUT2D eigenvalue weighted by Gasteiger charge is 2.39. The summed E-state index contributed by atoms with van der Waals surface area (Å²) in [6.45, 7) is 2.57. The zero-order valence-corrected chi connectivity index (χ0v) is 17.0. The molecule has 1 aliphatic rings. The topological polar surface area (TPSA) is 66.8 Å². The average molecular weight is 392 g/mol. The van der Waals surface area contributed by atoms with Crippen molar-refractivity contribution in [2.45, 2.75) is 45.4 Å². The molecule has 1 aromatic rings. The first-order valence-electron chi connectivity index (χ1n) is 9.63. The van der Waals surface area contributed by atoms with Gasteiger partial charge in [0.15, 0.2) is 0 Å². The standard InChI is InChI=1S/C21H29NO4S/c1-3-4-5-6-7-10-13-22-20(24)18(19(21(22)25)27-15-14-23)16-11-8-9-12-17(16)26-2/h8-9,11-12,23H,3-7,10,13-15H2,1-2H3. The molecule has 0 atom stereocenters. The Morgan fingerprint density at radius 1 is 1.04 bits per heavy atom. The van der Waals surface area contributed by atoms with Crippen molar-refractivity contribution in [3.63, 3.8) is 0 Å². The van der Waals surface area contributed by atoms with Gasteiger partial charge in [-0.25, -0.2) is 0 Å². The number of thioether (sulfide) groups is 1. The van der Waals surface area contributed by atoms with Gasteiger partial charge in [0.05, 0.1) is 24.2 Å². The molecule has 2 rings (SSSR count). The number of carbonyl (C=O) groups is 2. The Morgan fingerprint density at radius 3 is 2.44 bits per heavy atom. The van der Waals surface area contributed by atoms with Crippen LogP contribution in [0, 0.1) is 0 Å². The molecule has 0 saturated carbocycles. The molecule has 5 nitrogen and oxygen atoms in total. The summed E-state index contributed by atoms with van der Waals surface area (Å²) in [5, 5.41) is 9.17. The van der Waals surface area contributed by atoms with E-state index in [0.29, 0.717) is 34.1 Å². The van der Waals surface area contributed by atoms with Crippen molar-refractivity contribution in [1.29, 1.82) is 0 Å². The number of carbonyl (C=O) groups excluding carboxylic acids is 2. The van der Waals surface area contributed by atoms with Gasteiger partial charge in [-0.1, -0.05) is 57.2 Å². The Hall–Kier alpha value is -1.79. The number of para-hydroxylation sites is 1. The zero-order valence-electron chi connectivity index (χ0n) is 16.2. The molecule has 6 heteroatoms. The number of ether oxygens (including phenoxy) is 1. The monoisotopic (exact) mass is 391 g/mol. The van der Waals surface area contributed by atoms with Crippen molar-refractivity contribution in [2.75, 3.05) is 26.0 Å². The van der Waals surface area contributed by atoms with Crippen LogP contribution in [0.5, 0.6) is 5.75 Å². The van der Waals surface area contributed by atoms with Gasteiger partial charge in [-0.2, -0.15) is 0 Å². The van der Waals surface area contributed by atoms with Crippen molar-refractivity contribution < 1.29 is 19.4 Å². The lowest BCUT2D eigenvalue weighted by molar-refractivity contribution is -0.136. The molecule has 0 spiro atoms. The number of imide groups is 1. The summed E-state index contributed by atoms with van der Waals surface area (Å²) in [5.74, 6) is 0.418. The number of aliphatic hydroxyl groups is 1. The number of nitrogens with zero attached hydrogens (tertiary/aromatic N) is 1. The highest BCUT2D eigenvalue weighted by Crippen LogP contribution is 2.39. The Labute approximate surface area is 165 Å². The second-order valence-corrected chi connectivity index (χ2v) is 7.61. The van der Waals surface area contributed by atoms with Crippen LogP contribution in [0.2, 0.25) is 0 Å². The van der Waals surface area contributed by atoms with Crippen LogP contribution >= 0.6 is 11.8 Å². The van der Waals surface area contributed by atoms with Gasteiger partial charge in [0.2, 0.25) is 0 Å². The summed E-state index contributed by atoms with van der Waals surface area (Å²) >= 11 is 1.23. The second-order valence-electron chi connectivity index (χ2n) is 6.51. The Kier molecular flexibility index (Phi) is 8.88. The van der Waals surface area contributed by atoms with Crippen molar-refractivity contribution >= 4 is 29.1 Å². The third-order valence-electron chi connectivity index (χ3n) is 4.57. The van der Waals surface area contributed by atoms with Crippen LogP contribution in [0.3, 0.4) is 0 Å². The first-order chi connectivity index (χ1) is 13.2. The highest BCUT2D eigenvalue weighted by atomic mass is 32.2. The number of hydrogen-bond acceptors (Lipinski definition) is 5. The molecule has 148 valence electrons. The minimum Gasteiger partial charge on any atom is -0.496 e. The number of methoxy groups -OCH3 is 1. The first kappa shape index (κ1) is 21.5. The number of rotatable bonds is 12. The number of amides is 2. The fraction of sp³-hybridized carbons (Fsp3) is 0.524. The van der Waals surface area contributed by atoms with Crippen molar-refractivity contribution in [3.05, 3.63) is 34.7 Å². The van der Waals surface area contributed by atoms with E-state index in [4.69, 9.17) is 9.84 Å². The third kappa shape index (κ3) is 5.36. The molecule has 0 aromatic heterocycles. The highest BCUT2D eigenvalue weighted by molar-refractivity contribution is 8.04. The SMILES string of the molecule is CCCCCCCCN1C(=O)C(SCCO)=C(c2ccccc2OC)C1=O. The first-order valence-corrected chi connectivity index (χ1v) is 10.6. The summed E-state index contributed by atoms with van der Waals surface area (Å²) in [5.41, 5.74) is 1.02. The molecular weight excluding hydrogens is 362 g/mol. The van der Waals surface area contributed by atoms with Gasteiger partial charge in [-0.15, -0.1) is 11.8 Å². The fourth-order valence-electron chi connectivity index (χ4n) is 3.18. The lowest BCUT2D eigenvalue weighted by Gasteiger charge is -2.15. The summed E-state index contributed by atoms with van der Waals surface area (Å²) < 4.78 is 5.39. The van der Waals surface area contributed by atoms with E-state index in [9.17, 15) is 9.59 Å². The summed E-state index contributed by atoms with van der Waals surface area (Å²) in [7, 11) is 1.55. The molecule has 1 heterocycles. The largest absolute Gasteiger partial charge is 0.496 e. The van der Waals surface area contributed by atoms with Gasteiger partial charge in [-0.05, 0) is 12.5 Å². The maximum absolute atomic E-state index is 13.0. The van der Waals surface area contributed by atoms with E-state index in [-0.39, 0.29) is 18.4 Å². The molecule has 1 aliphatic heterocycles. The molecule has 0 bridgehead atoms. The van der Waals surface area contributed by atoms with Crippen LogP contribution in [0.1, 0.15) is 51.0 Å². The molecule has 0 fully saturated rings. The predicted molar refractivity (Wildman–Crippen MR) is 110 cm³/mol. The van der Waals surface area contributed by atoms with Crippen molar-refractivity contribution in [1.82, 2.24) is 4.90 Å².